The molecular formula is C13H20N4OS. The van der Waals surface area contributed by atoms with Crippen molar-refractivity contribution in [3.8, 4) is 0 Å². The topological polar surface area (TPSA) is 57.3 Å². The maximum Gasteiger partial charge on any atom is 0.245 e. The molecule has 0 atom stereocenters. The van der Waals surface area contributed by atoms with Crippen LogP contribution in [0.2, 0.25) is 0 Å². The summed E-state index contributed by atoms with van der Waals surface area (Å²) < 4.78 is 0. The highest BCUT2D eigenvalue weighted by Crippen LogP contribution is 2.30. The molecule has 0 radical (unpaired) electrons. The molecule has 1 saturated carbocycles. The number of nitrogens with zero attached hydrogens (tertiary/aromatic N) is 2. The summed E-state index contributed by atoms with van der Waals surface area (Å²) in [5, 5.41) is 7.35. The summed E-state index contributed by atoms with van der Waals surface area (Å²) in [7, 11) is 0. The van der Waals surface area contributed by atoms with E-state index >= 15 is 0 Å². The van der Waals surface area contributed by atoms with Gasteiger partial charge in [0.15, 0.2) is 5.13 Å². The van der Waals surface area contributed by atoms with Crippen molar-refractivity contribution in [3.05, 3.63) is 11.1 Å². The average Bonchev–Trinajstić information content (AvgIpc) is 3.09. The molecule has 1 aliphatic heterocycles. The molecule has 0 spiro atoms. The van der Waals surface area contributed by atoms with Gasteiger partial charge in [0, 0.05) is 36.8 Å². The molecule has 1 aliphatic carbocycles. The molecule has 1 saturated heterocycles. The van der Waals surface area contributed by atoms with E-state index in [2.05, 4.69) is 20.5 Å². The molecule has 0 unspecified atom stereocenters. The van der Waals surface area contributed by atoms with Crippen LogP contribution in [-0.2, 0) is 11.3 Å². The van der Waals surface area contributed by atoms with E-state index in [0.717, 1.165) is 18.2 Å². The number of thiazole rings is 1. The van der Waals surface area contributed by atoms with Gasteiger partial charge in [-0.15, -0.1) is 11.3 Å². The summed E-state index contributed by atoms with van der Waals surface area (Å²) in [6.07, 6.45) is 4.52. The third-order valence-corrected chi connectivity index (χ3v) is 4.79. The highest BCUT2D eigenvalue weighted by Gasteiger charge is 2.39. The Kier molecular flexibility index (Phi) is 3.22. The van der Waals surface area contributed by atoms with Crippen LogP contribution in [0.3, 0.4) is 0 Å². The normalized spacial score (nSPS) is 22.4. The fourth-order valence-corrected chi connectivity index (χ4v) is 3.30. The summed E-state index contributed by atoms with van der Waals surface area (Å²) in [5.74, 6) is 0.0756. The van der Waals surface area contributed by atoms with E-state index in [1.54, 1.807) is 11.3 Å². The number of nitrogens with one attached hydrogen (secondary N) is 2. The van der Waals surface area contributed by atoms with Crippen LogP contribution >= 0.6 is 11.3 Å². The van der Waals surface area contributed by atoms with Gasteiger partial charge in [-0.05, 0) is 26.7 Å². The number of amides is 1. The van der Waals surface area contributed by atoms with Crippen molar-refractivity contribution in [1.82, 2.24) is 15.6 Å². The van der Waals surface area contributed by atoms with Crippen molar-refractivity contribution in [2.75, 3.05) is 18.0 Å². The van der Waals surface area contributed by atoms with Crippen LogP contribution in [0.1, 0.15) is 31.6 Å². The molecule has 1 amide bonds. The maximum atomic E-state index is 11.9. The number of carbonyl (C=O) groups excluding carboxylic acids is 1. The van der Waals surface area contributed by atoms with Crippen LogP contribution < -0.4 is 15.5 Å². The highest BCUT2D eigenvalue weighted by molar-refractivity contribution is 7.15. The van der Waals surface area contributed by atoms with Crippen molar-refractivity contribution in [2.45, 2.75) is 44.8 Å². The number of hydrogen-bond donors (Lipinski definition) is 2. The Morgan fingerprint density at radius 1 is 1.58 bits per heavy atom. The van der Waals surface area contributed by atoms with Crippen LogP contribution in [0.4, 0.5) is 5.13 Å². The fraction of sp³-hybridized carbons (Fsp3) is 0.692. The minimum atomic E-state index is -0.517. The standard InChI is InChI=1S/C13H20N4OS/c1-13(2)11(18)14-5-6-17(13)12-16-8-10(19-12)7-15-9-3-4-9/h8-9,15H,3-7H2,1-2H3,(H,14,18). The highest BCUT2D eigenvalue weighted by atomic mass is 32.1. The molecule has 2 N–H and O–H groups in total. The lowest BCUT2D eigenvalue weighted by Gasteiger charge is -2.41. The molecule has 0 bridgehead atoms. The maximum absolute atomic E-state index is 11.9. The molecular weight excluding hydrogens is 260 g/mol. The van der Waals surface area contributed by atoms with E-state index in [-0.39, 0.29) is 5.91 Å². The van der Waals surface area contributed by atoms with Crippen molar-refractivity contribution in [3.63, 3.8) is 0 Å². The number of carbonyl (C=O) groups is 1. The van der Waals surface area contributed by atoms with Crippen molar-refractivity contribution >= 4 is 22.4 Å². The summed E-state index contributed by atoms with van der Waals surface area (Å²) in [6, 6.07) is 0.711. The van der Waals surface area contributed by atoms with Crippen LogP contribution in [0, 0.1) is 0 Å². The van der Waals surface area contributed by atoms with Crippen LogP contribution in [0.15, 0.2) is 6.20 Å². The van der Waals surface area contributed by atoms with Gasteiger partial charge in [-0.25, -0.2) is 4.98 Å². The third-order valence-electron chi connectivity index (χ3n) is 3.77. The molecule has 3 rings (SSSR count). The number of rotatable bonds is 4. The quantitative estimate of drug-likeness (QED) is 0.867. The number of aromatic nitrogens is 1. The van der Waals surface area contributed by atoms with E-state index in [1.165, 1.54) is 17.7 Å². The molecule has 104 valence electrons. The molecule has 6 heteroatoms. The zero-order valence-electron chi connectivity index (χ0n) is 11.4. The van der Waals surface area contributed by atoms with Crippen LogP contribution in [0.5, 0.6) is 0 Å². The van der Waals surface area contributed by atoms with Crippen molar-refractivity contribution in [2.24, 2.45) is 0 Å². The molecule has 2 aliphatic rings. The Morgan fingerprint density at radius 2 is 2.37 bits per heavy atom. The van der Waals surface area contributed by atoms with Crippen LogP contribution in [-0.4, -0.2) is 35.6 Å². The Morgan fingerprint density at radius 3 is 3.11 bits per heavy atom. The largest absolute Gasteiger partial charge is 0.352 e. The van der Waals surface area contributed by atoms with E-state index in [4.69, 9.17) is 0 Å². The minimum Gasteiger partial charge on any atom is -0.352 e. The van der Waals surface area contributed by atoms with Crippen molar-refractivity contribution in [1.29, 1.82) is 0 Å². The first kappa shape index (κ1) is 12.9. The SMILES string of the molecule is CC1(C)C(=O)NCCN1c1ncc(CNC2CC2)s1. The number of anilines is 1. The van der Waals surface area contributed by atoms with Gasteiger partial charge >= 0.3 is 0 Å². The van der Waals surface area contributed by atoms with Gasteiger partial charge in [0.1, 0.15) is 5.54 Å². The zero-order valence-corrected chi connectivity index (χ0v) is 12.2. The minimum absolute atomic E-state index is 0.0756. The van der Waals surface area contributed by atoms with Crippen molar-refractivity contribution < 1.29 is 4.79 Å². The first-order valence-corrected chi connectivity index (χ1v) is 7.63. The van der Waals surface area contributed by atoms with Gasteiger partial charge in [0.05, 0.1) is 0 Å². The van der Waals surface area contributed by atoms with E-state index in [9.17, 15) is 4.79 Å². The summed E-state index contributed by atoms with van der Waals surface area (Å²) in [6.45, 7) is 6.30. The Bertz CT molecular complexity index is 481. The van der Waals surface area contributed by atoms with Gasteiger partial charge in [-0.1, -0.05) is 0 Å². The van der Waals surface area contributed by atoms with Gasteiger partial charge in [-0.3, -0.25) is 4.79 Å². The lowest BCUT2D eigenvalue weighted by Crippen LogP contribution is -2.62. The predicted molar refractivity (Wildman–Crippen MR) is 76.4 cm³/mol. The first-order chi connectivity index (χ1) is 9.07. The van der Waals surface area contributed by atoms with E-state index in [0.29, 0.717) is 12.6 Å². The second kappa shape index (κ2) is 4.76. The summed E-state index contributed by atoms with van der Waals surface area (Å²) in [5.41, 5.74) is -0.517. The van der Waals surface area contributed by atoms with Crippen LogP contribution in [0.25, 0.3) is 0 Å². The molecule has 1 aromatic rings. The lowest BCUT2D eigenvalue weighted by molar-refractivity contribution is -0.126. The van der Waals surface area contributed by atoms with Gasteiger partial charge in [0.25, 0.3) is 0 Å². The lowest BCUT2D eigenvalue weighted by atomic mass is 10.00. The average molecular weight is 280 g/mol. The Labute approximate surface area is 117 Å². The molecule has 0 aromatic carbocycles. The first-order valence-electron chi connectivity index (χ1n) is 6.81. The van der Waals surface area contributed by atoms with E-state index < -0.39 is 5.54 Å². The van der Waals surface area contributed by atoms with E-state index in [1.807, 2.05) is 20.0 Å². The second-order valence-electron chi connectivity index (χ2n) is 5.73. The van der Waals surface area contributed by atoms with Gasteiger partial charge < -0.3 is 15.5 Å². The van der Waals surface area contributed by atoms with Gasteiger partial charge in [0.2, 0.25) is 5.91 Å². The summed E-state index contributed by atoms with van der Waals surface area (Å²) in [4.78, 5) is 19.8. The number of piperazine rings is 1. The molecule has 19 heavy (non-hydrogen) atoms. The molecule has 1 aromatic heterocycles. The second-order valence-corrected chi connectivity index (χ2v) is 6.82. The fourth-order valence-electron chi connectivity index (χ4n) is 2.27. The number of hydrogen-bond acceptors (Lipinski definition) is 5. The Hall–Kier alpha value is -1.14. The van der Waals surface area contributed by atoms with Gasteiger partial charge in [-0.2, -0.15) is 0 Å². The smallest absolute Gasteiger partial charge is 0.245 e. The zero-order chi connectivity index (χ0) is 13.5. The molecule has 2 fully saturated rings. The predicted octanol–water partition coefficient (Wildman–Crippen LogP) is 1.11. The monoisotopic (exact) mass is 280 g/mol. The molecule has 5 nitrogen and oxygen atoms in total. The molecule has 2 heterocycles. The third kappa shape index (κ3) is 2.60. The summed E-state index contributed by atoms with van der Waals surface area (Å²) >= 11 is 1.69. The Balaban J connectivity index is 1.71.